The molecular weight excluding hydrogens is 658 g/mol. The number of imide groups is 1. The molecule has 1 aliphatic rings. The monoisotopic (exact) mass is 699 g/mol. The molecule has 0 radical (unpaired) electrons. The van der Waals surface area contributed by atoms with Crippen molar-refractivity contribution in [1.82, 2.24) is 4.90 Å². The Balaban J connectivity index is 1.45. The van der Waals surface area contributed by atoms with E-state index in [9.17, 15) is 19.5 Å². The van der Waals surface area contributed by atoms with E-state index in [0.29, 0.717) is 36.3 Å². The number of amides is 2. The molecule has 1 aromatic heterocycles. The van der Waals surface area contributed by atoms with Gasteiger partial charge in [0.25, 0.3) is 0 Å². The molecule has 4 atom stereocenters. The van der Waals surface area contributed by atoms with E-state index in [2.05, 4.69) is 15.9 Å². The Bertz CT molecular complexity index is 1410. The van der Waals surface area contributed by atoms with E-state index in [0.717, 1.165) is 16.0 Å². The van der Waals surface area contributed by atoms with Gasteiger partial charge in [0.15, 0.2) is 6.10 Å². The first-order chi connectivity index (χ1) is 22.2. The Kier molecular flexibility index (Phi) is 13.4. The van der Waals surface area contributed by atoms with Gasteiger partial charge in [-0.2, -0.15) is 0 Å². The first-order valence-electron chi connectivity index (χ1n) is 15.5. The molecular formula is C35H42BrNO9. The second-order valence-electron chi connectivity index (χ2n) is 11.6. The Morgan fingerprint density at radius 1 is 1.07 bits per heavy atom. The van der Waals surface area contributed by atoms with Crippen LogP contribution in [0.3, 0.4) is 0 Å². The number of furan rings is 1. The second-order valence-corrected chi connectivity index (χ2v) is 12.5. The van der Waals surface area contributed by atoms with E-state index in [-0.39, 0.29) is 37.9 Å². The molecule has 1 fully saturated rings. The van der Waals surface area contributed by atoms with Gasteiger partial charge >= 0.3 is 12.1 Å². The Morgan fingerprint density at radius 2 is 1.74 bits per heavy atom. The fourth-order valence-corrected chi connectivity index (χ4v) is 5.80. The summed E-state index contributed by atoms with van der Waals surface area (Å²) in [7, 11) is 0. The molecule has 3 aromatic rings. The molecule has 11 heteroatoms. The van der Waals surface area contributed by atoms with Crippen molar-refractivity contribution in [3.63, 3.8) is 0 Å². The number of hydrogen-bond acceptors (Lipinski definition) is 9. The first kappa shape index (κ1) is 35.3. The van der Waals surface area contributed by atoms with Gasteiger partial charge < -0.3 is 28.5 Å². The molecule has 46 heavy (non-hydrogen) atoms. The maximum absolute atomic E-state index is 14.1. The maximum atomic E-state index is 14.1. The van der Waals surface area contributed by atoms with Crippen LogP contribution in [0.2, 0.25) is 0 Å². The number of carbonyl (C=O) groups is 3. The highest BCUT2D eigenvalue weighted by molar-refractivity contribution is 9.10. The van der Waals surface area contributed by atoms with Crippen molar-refractivity contribution in [2.24, 2.45) is 11.8 Å². The lowest BCUT2D eigenvalue weighted by Gasteiger charge is -2.30. The number of aryl methyl sites for hydroxylation is 1. The third-order valence-corrected chi connectivity index (χ3v) is 8.44. The fraction of sp³-hybridized carbons (Fsp3) is 0.457. The lowest BCUT2D eigenvalue weighted by atomic mass is 9.90. The van der Waals surface area contributed by atoms with Crippen LogP contribution in [0.25, 0.3) is 0 Å². The number of ether oxygens (including phenoxy) is 4. The van der Waals surface area contributed by atoms with E-state index in [1.54, 1.807) is 6.07 Å². The molecule has 0 unspecified atom stereocenters. The van der Waals surface area contributed by atoms with Crippen molar-refractivity contribution in [2.45, 2.75) is 64.9 Å². The third kappa shape index (κ3) is 9.75. The summed E-state index contributed by atoms with van der Waals surface area (Å²) in [6.07, 6.45) is -0.964. The molecule has 1 aliphatic heterocycles. The van der Waals surface area contributed by atoms with E-state index >= 15 is 0 Å². The molecule has 248 valence electrons. The summed E-state index contributed by atoms with van der Waals surface area (Å²) in [6.45, 7) is 6.08. The van der Waals surface area contributed by atoms with Crippen molar-refractivity contribution < 1.29 is 42.9 Å². The van der Waals surface area contributed by atoms with Crippen molar-refractivity contribution in [2.75, 3.05) is 26.4 Å². The normalized spacial score (nSPS) is 16.7. The molecule has 2 aromatic carbocycles. The lowest BCUT2D eigenvalue weighted by Crippen LogP contribution is -2.47. The van der Waals surface area contributed by atoms with Gasteiger partial charge in [-0.15, -0.1) is 0 Å². The first-order valence-corrected chi connectivity index (χ1v) is 16.3. The Morgan fingerprint density at radius 3 is 2.37 bits per heavy atom. The summed E-state index contributed by atoms with van der Waals surface area (Å²) < 4.78 is 29.4. The number of carbonyl (C=O) groups excluding carboxylic acids is 3. The van der Waals surface area contributed by atoms with Crippen LogP contribution < -0.4 is 0 Å². The smallest absolute Gasteiger partial charge is 0.416 e. The highest BCUT2D eigenvalue weighted by atomic mass is 79.9. The molecule has 2 amide bonds. The average molecular weight is 701 g/mol. The molecule has 0 saturated carbocycles. The van der Waals surface area contributed by atoms with Crippen LogP contribution in [-0.4, -0.2) is 66.5 Å². The number of halogens is 1. The number of nitrogens with zero attached hydrogens (tertiary/aromatic N) is 1. The minimum Gasteiger partial charge on any atom is -0.461 e. The van der Waals surface area contributed by atoms with Crippen LogP contribution in [0.5, 0.6) is 0 Å². The SMILES string of the molecule is CC(=O)O[C@@H](c1cc(Br)c(CCCOC[C@@H](CO)OCc2ccccc2)o1)[C@H](Cc1ccccc1)C(=O)N1C(=O)OC[C@H]1C(C)C. The van der Waals surface area contributed by atoms with Gasteiger partial charge in [0.1, 0.15) is 24.2 Å². The van der Waals surface area contributed by atoms with E-state index in [4.69, 9.17) is 23.4 Å². The molecule has 1 N–H and O–H groups in total. The van der Waals surface area contributed by atoms with Crippen LogP contribution in [0.1, 0.15) is 55.9 Å². The summed E-state index contributed by atoms with van der Waals surface area (Å²) in [6, 6.07) is 20.3. The topological polar surface area (TPSA) is 125 Å². The number of esters is 1. The lowest BCUT2D eigenvalue weighted by molar-refractivity contribution is -0.155. The zero-order valence-corrected chi connectivity index (χ0v) is 28.0. The van der Waals surface area contributed by atoms with Crippen LogP contribution in [0.4, 0.5) is 4.79 Å². The number of cyclic esters (lactones) is 1. The molecule has 0 aliphatic carbocycles. The van der Waals surface area contributed by atoms with Gasteiger partial charge in [-0.1, -0.05) is 74.5 Å². The average Bonchev–Trinajstić information content (AvgIpc) is 3.62. The second kappa shape index (κ2) is 17.4. The quantitative estimate of drug-likeness (QED) is 0.133. The van der Waals surface area contributed by atoms with Crippen LogP contribution in [-0.2, 0) is 48.0 Å². The van der Waals surface area contributed by atoms with Crippen molar-refractivity contribution in [1.29, 1.82) is 0 Å². The standard InChI is InChI=1S/C35H42BrNO9/c1-23(2)30-22-44-35(41)37(30)34(40)28(17-25-11-6-4-7-12-25)33(45-24(3)39)32-18-29(36)31(46-32)15-10-16-42-21-27(19-38)43-20-26-13-8-5-9-14-26/h4-9,11-14,18,23,27-28,30,33,38H,10,15-17,19-22H2,1-3H3/t27-,28+,30+,33-/m1/s1. The highest BCUT2D eigenvalue weighted by Crippen LogP contribution is 2.37. The molecule has 0 spiro atoms. The molecule has 10 nitrogen and oxygen atoms in total. The van der Waals surface area contributed by atoms with Crippen LogP contribution in [0.15, 0.2) is 75.6 Å². The Hall–Kier alpha value is -3.51. The van der Waals surface area contributed by atoms with Gasteiger partial charge in [-0.3, -0.25) is 9.59 Å². The minimum absolute atomic E-state index is 0.0328. The number of aliphatic hydroxyl groups is 1. The number of aliphatic hydroxyl groups excluding tert-OH is 1. The molecule has 0 bridgehead atoms. The summed E-state index contributed by atoms with van der Waals surface area (Å²) in [5.41, 5.74) is 1.85. The zero-order chi connectivity index (χ0) is 33.1. The van der Waals surface area contributed by atoms with Crippen molar-refractivity contribution in [3.8, 4) is 0 Å². The zero-order valence-electron chi connectivity index (χ0n) is 26.4. The molecule has 1 saturated heterocycles. The van der Waals surface area contributed by atoms with Crippen LogP contribution in [0, 0.1) is 11.8 Å². The van der Waals surface area contributed by atoms with Crippen molar-refractivity contribution in [3.05, 3.63) is 93.9 Å². The summed E-state index contributed by atoms with van der Waals surface area (Å²) >= 11 is 3.56. The van der Waals surface area contributed by atoms with Crippen LogP contribution >= 0.6 is 15.9 Å². The van der Waals surface area contributed by atoms with Gasteiger partial charge in [0, 0.05) is 20.0 Å². The third-order valence-electron chi connectivity index (χ3n) is 7.77. The molecule has 4 rings (SSSR count). The van der Waals surface area contributed by atoms with Crippen molar-refractivity contribution >= 4 is 33.9 Å². The summed E-state index contributed by atoms with van der Waals surface area (Å²) in [4.78, 5) is 40.5. The van der Waals surface area contributed by atoms with Gasteiger partial charge in [0.05, 0.1) is 36.3 Å². The van der Waals surface area contributed by atoms with Gasteiger partial charge in [0.2, 0.25) is 5.91 Å². The molecule has 2 heterocycles. The number of rotatable bonds is 17. The Labute approximate surface area is 278 Å². The summed E-state index contributed by atoms with van der Waals surface area (Å²) in [5, 5.41) is 9.68. The summed E-state index contributed by atoms with van der Waals surface area (Å²) in [5.74, 6) is -1.19. The maximum Gasteiger partial charge on any atom is 0.416 e. The predicted molar refractivity (Wildman–Crippen MR) is 173 cm³/mol. The van der Waals surface area contributed by atoms with Gasteiger partial charge in [-0.25, -0.2) is 9.69 Å². The minimum atomic E-state index is -1.10. The predicted octanol–water partition coefficient (Wildman–Crippen LogP) is 6.04. The van der Waals surface area contributed by atoms with E-state index < -0.39 is 42.1 Å². The largest absolute Gasteiger partial charge is 0.461 e. The number of benzene rings is 2. The fourth-order valence-electron chi connectivity index (χ4n) is 5.30. The highest BCUT2D eigenvalue weighted by Gasteiger charge is 2.46. The number of hydrogen-bond donors (Lipinski definition) is 1. The van der Waals surface area contributed by atoms with E-state index in [1.807, 2.05) is 74.5 Å². The van der Waals surface area contributed by atoms with Gasteiger partial charge in [-0.05, 0) is 51.9 Å². The van der Waals surface area contributed by atoms with E-state index in [1.165, 1.54) is 6.92 Å².